The van der Waals surface area contributed by atoms with E-state index in [2.05, 4.69) is 10.2 Å². The Bertz CT molecular complexity index is 1280. The van der Waals surface area contributed by atoms with Gasteiger partial charge in [0, 0.05) is 31.2 Å². The number of carbonyl (C=O) groups is 2. The molecule has 1 N–H and O–H groups in total. The van der Waals surface area contributed by atoms with Crippen molar-refractivity contribution >= 4 is 11.8 Å². The molecule has 0 saturated carbocycles. The number of nitrogens with one attached hydrogen (secondary N) is 1. The van der Waals surface area contributed by atoms with Gasteiger partial charge < -0.3 is 15.1 Å². The second kappa shape index (κ2) is 11.9. The Morgan fingerprint density at radius 2 is 1.58 bits per heavy atom. The van der Waals surface area contributed by atoms with Crippen LogP contribution in [-0.2, 0) is 13.0 Å². The Morgan fingerprint density at radius 1 is 0.895 bits per heavy atom. The van der Waals surface area contributed by atoms with Crippen LogP contribution in [0.1, 0.15) is 68.7 Å². The Morgan fingerprint density at radius 3 is 2.26 bits per heavy atom. The van der Waals surface area contributed by atoms with E-state index in [1.165, 1.54) is 38.1 Å². The van der Waals surface area contributed by atoms with Crippen molar-refractivity contribution in [1.82, 2.24) is 15.1 Å². The first-order valence-corrected chi connectivity index (χ1v) is 13.7. The molecule has 0 aromatic heterocycles. The van der Waals surface area contributed by atoms with E-state index in [9.17, 15) is 14.0 Å². The van der Waals surface area contributed by atoms with Crippen molar-refractivity contribution in [1.29, 1.82) is 0 Å². The number of likely N-dealkylation sites (tertiary alicyclic amines) is 2. The topological polar surface area (TPSA) is 52.7 Å². The minimum atomic E-state index is -0.513. The summed E-state index contributed by atoms with van der Waals surface area (Å²) in [7, 11) is 0. The lowest BCUT2D eigenvalue weighted by atomic mass is 9.98. The molecule has 2 aliphatic rings. The normalized spacial score (nSPS) is 16.5. The van der Waals surface area contributed by atoms with Crippen molar-refractivity contribution in [3.8, 4) is 0 Å². The minimum absolute atomic E-state index is 0.0496. The van der Waals surface area contributed by atoms with Crippen LogP contribution >= 0.6 is 0 Å². The van der Waals surface area contributed by atoms with E-state index in [4.69, 9.17) is 0 Å². The maximum atomic E-state index is 14.2. The lowest BCUT2D eigenvalue weighted by Crippen LogP contribution is -2.45. The number of amides is 2. The second-order valence-corrected chi connectivity index (χ2v) is 10.6. The molecule has 5 nitrogen and oxygen atoms in total. The highest BCUT2D eigenvalue weighted by Crippen LogP contribution is 2.23. The van der Waals surface area contributed by atoms with Crippen molar-refractivity contribution in [3.05, 3.63) is 106 Å². The van der Waals surface area contributed by atoms with Crippen molar-refractivity contribution in [3.63, 3.8) is 0 Å². The third-order valence-corrected chi connectivity index (χ3v) is 7.93. The van der Waals surface area contributed by atoms with Crippen LogP contribution in [-0.4, -0.2) is 53.8 Å². The average molecular weight is 514 g/mol. The maximum Gasteiger partial charge on any atom is 0.254 e. The molecule has 198 valence electrons. The summed E-state index contributed by atoms with van der Waals surface area (Å²) >= 11 is 0. The summed E-state index contributed by atoms with van der Waals surface area (Å²) < 4.78 is 14.2. The number of benzene rings is 3. The number of nitrogens with zero attached hydrogens (tertiary/aromatic N) is 2. The summed E-state index contributed by atoms with van der Waals surface area (Å²) in [5.41, 5.74) is 4.72. The van der Waals surface area contributed by atoms with Crippen LogP contribution in [0.3, 0.4) is 0 Å². The Labute approximate surface area is 224 Å². The third kappa shape index (κ3) is 6.13. The van der Waals surface area contributed by atoms with Crippen LogP contribution < -0.4 is 5.32 Å². The van der Waals surface area contributed by atoms with Gasteiger partial charge >= 0.3 is 0 Å². The first-order chi connectivity index (χ1) is 18.5. The molecule has 2 aliphatic heterocycles. The van der Waals surface area contributed by atoms with Gasteiger partial charge in [0.1, 0.15) is 5.82 Å². The zero-order valence-electron chi connectivity index (χ0n) is 22.1. The molecular weight excluding hydrogens is 477 g/mol. The first-order valence-electron chi connectivity index (χ1n) is 13.7. The zero-order chi connectivity index (χ0) is 26.5. The Balaban J connectivity index is 1.17. The van der Waals surface area contributed by atoms with Crippen LogP contribution in [0.5, 0.6) is 0 Å². The van der Waals surface area contributed by atoms with E-state index in [1.54, 1.807) is 13.0 Å². The van der Waals surface area contributed by atoms with Crippen LogP contribution in [0, 0.1) is 12.7 Å². The van der Waals surface area contributed by atoms with Crippen molar-refractivity contribution in [2.75, 3.05) is 26.2 Å². The van der Waals surface area contributed by atoms with Crippen LogP contribution in [0.25, 0.3) is 0 Å². The van der Waals surface area contributed by atoms with Gasteiger partial charge in [-0.25, -0.2) is 4.39 Å². The molecule has 6 heteroatoms. The molecule has 0 bridgehead atoms. The molecule has 0 atom stereocenters. The Hall–Kier alpha value is -3.51. The summed E-state index contributed by atoms with van der Waals surface area (Å²) in [5, 5.41) is 2.85. The first kappa shape index (κ1) is 26.1. The SMILES string of the molecule is Cc1ccc(C(=O)NCc2ccccc2Cc2ccc(C(=O)N3CCC(N4CCCC4)CC3)cc2)c(F)c1. The highest BCUT2D eigenvalue weighted by molar-refractivity contribution is 5.95. The van der Waals surface area contributed by atoms with Gasteiger partial charge in [-0.15, -0.1) is 0 Å². The van der Waals surface area contributed by atoms with Gasteiger partial charge in [0.15, 0.2) is 0 Å². The van der Waals surface area contributed by atoms with Crippen molar-refractivity contribution < 1.29 is 14.0 Å². The molecule has 0 spiro atoms. The van der Waals surface area contributed by atoms with Gasteiger partial charge in [-0.2, -0.15) is 0 Å². The highest BCUT2D eigenvalue weighted by atomic mass is 19.1. The standard InChI is InChI=1S/C32H36FN3O2/c1-23-8-13-29(30(33)20-23)31(37)34-22-27-7-3-2-6-26(27)21-24-9-11-25(12-10-24)32(38)36-18-14-28(15-19-36)35-16-4-5-17-35/h2-3,6-13,20,28H,4-5,14-19,21-22H2,1H3,(H,34,37). The van der Waals surface area contributed by atoms with E-state index in [0.717, 1.165) is 53.7 Å². The van der Waals surface area contributed by atoms with Crippen LogP contribution in [0.4, 0.5) is 4.39 Å². The Kier molecular flexibility index (Phi) is 8.18. The number of carbonyl (C=O) groups excluding carboxylic acids is 2. The summed E-state index contributed by atoms with van der Waals surface area (Å²) in [6.07, 6.45) is 5.41. The molecule has 2 heterocycles. The zero-order valence-corrected chi connectivity index (χ0v) is 22.1. The van der Waals surface area contributed by atoms with Crippen molar-refractivity contribution in [2.24, 2.45) is 0 Å². The summed E-state index contributed by atoms with van der Waals surface area (Å²) in [5.74, 6) is -0.825. The van der Waals surface area contributed by atoms with E-state index in [0.29, 0.717) is 19.0 Å². The van der Waals surface area contributed by atoms with Gasteiger partial charge in [-0.3, -0.25) is 9.59 Å². The molecule has 3 aromatic carbocycles. The van der Waals surface area contributed by atoms with E-state index >= 15 is 0 Å². The molecule has 38 heavy (non-hydrogen) atoms. The molecule has 0 aliphatic carbocycles. The highest BCUT2D eigenvalue weighted by Gasteiger charge is 2.28. The lowest BCUT2D eigenvalue weighted by Gasteiger charge is -2.36. The van der Waals surface area contributed by atoms with Crippen LogP contribution in [0.15, 0.2) is 66.7 Å². The van der Waals surface area contributed by atoms with Gasteiger partial charge in [0.05, 0.1) is 5.56 Å². The largest absolute Gasteiger partial charge is 0.348 e. The third-order valence-electron chi connectivity index (χ3n) is 7.93. The molecule has 0 unspecified atom stereocenters. The number of rotatable bonds is 7. The maximum absolute atomic E-state index is 14.2. The molecule has 5 rings (SSSR count). The summed E-state index contributed by atoms with van der Waals surface area (Å²) in [6.45, 7) is 6.18. The lowest BCUT2D eigenvalue weighted by molar-refractivity contribution is 0.0644. The number of aryl methyl sites for hydroxylation is 1. The molecule has 2 saturated heterocycles. The fourth-order valence-corrected chi connectivity index (χ4v) is 5.69. The average Bonchev–Trinajstić information content (AvgIpc) is 3.48. The minimum Gasteiger partial charge on any atom is -0.348 e. The van der Waals surface area contributed by atoms with E-state index in [1.807, 2.05) is 53.4 Å². The number of halogens is 1. The predicted molar refractivity (Wildman–Crippen MR) is 148 cm³/mol. The van der Waals surface area contributed by atoms with E-state index in [-0.39, 0.29) is 11.5 Å². The molecule has 0 radical (unpaired) electrons. The molecular formula is C32H36FN3O2. The smallest absolute Gasteiger partial charge is 0.254 e. The fourth-order valence-electron chi connectivity index (χ4n) is 5.69. The van der Waals surface area contributed by atoms with Gasteiger partial charge in [0.25, 0.3) is 11.8 Å². The molecule has 3 aromatic rings. The number of hydrogen-bond donors (Lipinski definition) is 1. The van der Waals surface area contributed by atoms with Gasteiger partial charge in [-0.1, -0.05) is 42.5 Å². The monoisotopic (exact) mass is 513 g/mol. The van der Waals surface area contributed by atoms with Gasteiger partial charge in [-0.05, 0) is 98.6 Å². The van der Waals surface area contributed by atoms with Crippen LogP contribution in [0.2, 0.25) is 0 Å². The quantitative estimate of drug-likeness (QED) is 0.463. The van der Waals surface area contributed by atoms with Crippen molar-refractivity contribution in [2.45, 2.75) is 51.6 Å². The molecule has 2 fully saturated rings. The summed E-state index contributed by atoms with van der Waals surface area (Å²) in [6, 6.07) is 21.1. The number of piperidine rings is 1. The summed E-state index contributed by atoms with van der Waals surface area (Å²) in [4.78, 5) is 30.2. The second-order valence-electron chi connectivity index (χ2n) is 10.6. The fraction of sp³-hybridized carbons (Fsp3) is 0.375. The van der Waals surface area contributed by atoms with E-state index < -0.39 is 11.7 Å². The molecule has 2 amide bonds. The predicted octanol–water partition coefficient (Wildman–Crippen LogP) is 5.36. The van der Waals surface area contributed by atoms with Gasteiger partial charge in [0.2, 0.25) is 0 Å². The number of hydrogen-bond acceptors (Lipinski definition) is 3.